The Kier molecular flexibility index (Phi) is 4.92. The van der Waals surface area contributed by atoms with E-state index in [1.54, 1.807) is 7.11 Å². The number of methoxy groups -OCH3 is 1. The molecule has 1 amide bonds. The van der Waals surface area contributed by atoms with Crippen LogP contribution in [0.25, 0.3) is 0 Å². The van der Waals surface area contributed by atoms with E-state index in [0.29, 0.717) is 31.6 Å². The second kappa shape index (κ2) is 6.68. The third-order valence-corrected chi connectivity index (χ3v) is 4.01. The van der Waals surface area contributed by atoms with Crippen LogP contribution in [-0.4, -0.2) is 42.6 Å². The number of aryl methyl sites for hydroxylation is 2. The second-order valence-electron chi connectivity index (χ2n) is 5.60. The Labute approximate surface area is 125 Å². The minimum Gasteiger partial charge on any atom is -0.383 e. The molecule has 0 aromatic carbocycles. The minimum absolute atomic E-state index is 0.166. The number of amides is 1. The number of hydrogen-bond acceptors (Lipinski definition) is 4. The van der Waals surface area contributed by atoms with Crippen LogP contribution in [0.15, 0.2) is 6.07 Å². The Morgan fingerprint density at radius 3 is 2.95 bits per heavy atom. The molecule has 2 heterocycles. The summed E-state index contributed by atoms with van der Waals surface area (Å²) in [5, 5.41) is 9.24. The average Bonchev–Trinajstić information content (AvgIpc) is 2.80. The van der Waals surface area contributed by atoms with Crippen molar-refractivity contribution in [1.82, 2.24) is 9.88 Å². The third-order valence-electron chi connectivity index (χ3n) is 4.01. The Bertz CT molecular complexity index is 578. The fraction of sp³-hybridized carbons (Fsp3) is 0.562. The molecular formula is C16H21N3O2. The number of rotatable bonds is 5. The van der Waals surface area contributed by atoms with Crippen LogP contribution in [0.5, 0.6) is 0 Å². The topological polar surface area (TPSA) is 66.2 Å². The van der Waals surface area contributed by atoms with Crippen molar-refractivity contribution in [1.29, 1.82) is 5.26 Å². The van der Waals surface area contributed by atoms with E-state index < -0.39 is 0 Å². The average molecular weight is 287 g/mol. The largest absolute Gasteiger partial charge is 0.383 e. The zero-order valence-corrected chi connectivity index (χ0v) is 12.8. The lowest BCUT2D eigenvalue weighted by atomic mass is 9.98. The molecule has 1 aliphatic heterocycles. The quantitative estimate of drug-likeness (QED) is 0.825. The van der Waals surface area contributed by atoms with Crippen molar-refractivity contribution in [2.45, 2.75) is 26.7 Å². The third kappa shape index (κ3) is 3.59. The second-order valence-corrected chi connectivity index (χ2v) is 5.60. The molecule has 1 aromatic heterocycles. The van der Waals surface area contributed by atoms with Gasteiger partial charge in [0.25, 0.3) is 0 Å². The summed E-state index contributed by atoms with van der Waals surface area (Å²) in [5.41, 5.74) is 3.41. The number of nitrogens with zero attached hydrogens (tertiary/aromatic N) is 3. The Hall–Kier alpha value is -1.93. The molecule has 0 spiro atoms. The molecule has 0 aliphatic carbocycles. The van der Waals surface area contributed by atoms with E-state index in [0.717, 1.165) is 23.5 Å². The highest BCUT2D eigenvalue weighted by molar-refractivity contribution is 5.78. The van der Waals surface area contributed by atoms with Crippen molar-refractivity contribution in [3.05, 3.63) is 28.6 Å². The number of aromatic nitrogens is 1. The van der Waals surface area contributed by atoms with Gasteiger partial charge in [0.1, 0.15) is 6.07 Å². The lowest BCUT2D eigenvalue weighted by Gasteiger charge is -2.16. The molecule has 5 heteroatoms. The molecule has 0 unspecified atom stereocenters. The van der Waals surface area contributed by atoms with Gasteiger partial charge >= 0.3 is 0 Å². The van der Waals surface area contributed by atoms with Crippen LogP contribution in [0.2, 0.25) is 0 Å². The summed E-state index contributed by atoms with van der Waals surface area (Å²) >= 11 is 0. The summed E-state index contributed by atoms with van der Waals surface area (Å²) in [5.74, 6) is 0.399. The number of carbonyl (C=O) groups is 1. The molecule has 1 saturated heterocycles. The van der Waals surface area contributed by atoms with Crippen LogP contribution < -0.4 is 0 Å². The molecule has 0 bridgehead atoms. The monoisotopic (exact) mass is 287 g/mol. The maximum Gasteiger partial charge on any atom is 0.223 e. The lowest BCUT2D eigenvalue weighted by Crippen LogP contribution is -2.29. The molecule has 112 valence electrons. The van der Waals surface area contributed by atoms with E-state index in [4.69, 9.17) is 4.74 Å². The van der Waals surface area contributed by atoms with Crippen molar-refractivity contribution in [2.75, 3.05) is 26.8 Å². The van der Waals surface area contributed by atoms with Gasteiger partial charge in [-0.2, -0.15) is 5.26 Å². The molecule has 21 heavy (non-hydrogen) atoms. The minimum atomic E-state index is 0.166. The fourth-order valence-corrected chi connectivity index (χ4v) is 2.69. The molecule has 1 atom stereocenters. The predicted molar refractivity (Wildman–Crippen MR) is 78.7 cm³/mol. The number of carbonyl (C=O) groups excluding carboxylic acids is 1. The van der Waals surface area contributed by atoms with Gasteiger partial charge in [-0.05, 0) is 37.8 Å². The lowest BCUT2D eigenvalue weighted by molar-refractivity contribution is -0.128. The van der Waals surface area contributed by atoms with Gasteiger partial charge in [0, 0.05) is 32.3 Å². The Balaban J connectivity index is 2.08. The van der Waals surface area contributed by atoms with Gasteiger partial charge in [-0.1, -0.05) is 0 Å². The Morgan fingerprint density at radius 2 is 2.29 bits per heavy atom. The van der Waals surface area contributed by atoms with Crippen molar-refractivity contribution in [3.63, 3.8) is 0 Å². The zero-order chi connectivity index (χ0) is 15.4. The highest BCUT2D eigenvalue weighted by Gasteiger charge is 2.30. The highest BCUT2D eigenvalue weighted by Crippen LogP contribution is 2.23. The molecule has 0 N–H and O–H groups in total. The van der Waals surface area contributed by atoms with Crippen molar-refractivity contribution < 1.29 is 9.53 Å². The standard InChI is InChI=1S/C16H21N3O2/c1-11-6-14(9-17)15(18-12(11)2)7-13-8-16(20)19(10-13)4-5-21-3/h6,13H,4-5,7-8,10H2,1-3H3/t13-/m1/s1. The summed E-state index contributed by atoms with van der Waals surface area (Å²) in [7, 11) is 1.64. The van der Waals surface area contributed by atoms with Crippen molar-refractivity contribution >= 4 is 5.91 Å². The molecule has 0 radical (unpaired) electrons. The maximum absolute atomic E-state index is 11.9. The van der Waals surface area contributed by atoms with E-state index in [2.05, 4.69) is 11.1 Å². The number of hydrogen-bond donors (Lipinski definition) is 0. The Morgan fingerprint density at radius 1 is 1.52 bits per heavy atom. The molecular weight excluding hydrogens is 266 g/mol. The van der Waals surface area contributed by atoms with E-state index in [9.17, 15) is 10.1 Å². The SMILES string of the molecule is COCCN1C[C@H](Cc2nc(C)c(C)cc2C#N)CC1=O. The normalized spacial score (nSPS) is 18.1. The van der Waals surface area contributed by atoms with Gasteiger partial charge in [0.2, 0.25) is 5.91 Å². The van der Waals surface area contributed by atoms with E-state index in [1.807, 2.05) is 24.8 Å². The van der Waals surface area contributed by atoms with E-state index >= 15 is 0 Å². The zero-order valence-electron chi connectivity index (χ0n) is 12.8. The van der Waals surface area contributed by atoms with Gasteiger partial charge in [0.15, 0.2) is 0 Å². The summed E-state index contributed by atoms with van der Waals surface area (Å²) in [6, 6.07) is 4.10. The van der Waals surface area contributed by atoms with Gasteiger partial charge in [-0.3, -0.25) is 9.78 Å². The van der Waals surface area contributed by atoms with Gasteiger partial charge in [-0.25, -0.2) is 0 Å². The predicted octanol–water partition coefficient (Wildman–Crippen LogP) is 1.61. The summed E-state index contributed by atoms with van der Waals surface area (Å²) in [6.07, 6.45) is 1.21. The van der Waals surface area contributed by atoms with Crippen molar-refractivity contribution in [3.8, 4) is 6.07 Å². The first-order valence-electron chi connectivity index (χ1n) is 7.19. The highest BCUT2D eigenvalue weighted by atomic mass is 16.5. The summed E-state index contributed by atoms with van der Waals surface area (Å²) in [6.45, 7) is 5.83. The van der Waals surface area contributed by atoms with Gasteiger partial charge in [-0.15, -0.1) is 0 Å². The van der Waals surface area contributed by atoms with Gasteiger partial charge < -0.3 is 9.64 Å². The van der Waals surface area contributed by atoms with Crippen molar-refractivity contribution in [2.24, 2.45) is 5.92 Å². The first kappa shape index (κ1) is 15.5. The smallest absolute Gasteiger partial charge is 0.223 e. The molecule has 1 fully saturated rings. The summed E-state index contributed by atoms with van der Waals surface area (Å²) < 4.78 is 5.02. The number of nitriles is 1. The summed E-state index contributed by atoms with van der Waals surface area (Å²) in [4.78, 5) is 18.3. The van der Waals surface area contributed by atoms with Crippen LogP contribution in [0.4, 0.5) is 0 Å². The maximum atomic E-state index is 11.9. The van der Waals surface area contributed by atoms with Crippen LogP contribution in [0.3, 0.4) is 0 Å². The molecule has 1 aliphatic rings. The number of likely N-dealkylation sites (tertiary alicyclic amines) is 1. The molecule has 5 nitrogen and oxygen atoms in total. The molecule has 1 aromatic rings. The van der Waals surface area contributed by atoms with Crippen LogP contribution in [0, 0.1) is 31.1 Å². The fourth-order valence-electron chi connectivity index (χ4n) is 2.69. The first-order valence-corrected chi connectivity index (χ1v) is 7.19. The van der Waals surface area contributed by atoms with Crippen LogP contribution in [0.1, 0.15) is 28.9 Å². The number of pyridine rings is 1. The van der Waals surface area contributed by atoms with E-state index in [1.165, 1.54) is 0 Å². The van der Waals surface area contributed by atoms with Crippen LogP contribution in [-0.2, 0) is 16.0 Å². The first-order chi connectivity index (χ1) is 10.0. The number of ether oxygens (including phenoxy) is 1. The van der Waals surface area contributed by atoms with Crippen LogP contribution >= 0.6 is 0 Å². The van der Waals surface area contributed by atoms with E-state index in [-0.39, 0.29) is 11.8 Å². The molecule has 0 saturated carbocycles. The molecule has 2 rings (SSSR count). The van der Waals surface area contributed by atoms with Gasteiger partial charge in [0.05, 0.1) is 17.9 Å².